The maximum Gasteiger partial charge on any atom is 0.328 e. The third kappa shape index (κ3) is 3.23. The van der Waals surface area contributed by atoms with Crippen LogP contribution in [0.15, 0.2) is 6.33 Å². The summed E-state index contributed by atoms with van der Waals surface area (Å²) in [5.41, 5.74) is -1.31. The zero-order valence-corrected chi connectivity index (χ0v) is 8.94. The van der Waals surface area contributed by atoms with E-state index in [1.807, 2.05) is 0 Å². The molecule has 0 spiro atoms. The maximum absolute atomic E-state index is 11.3. The van der Waals surface area contributed by atoms with Crippen LogP contribution in [0.2, 0.25) is 0 Å². The van der Waals surface area contributed by atoms with Crippen LogP contribution < -0.4 is 10.6 Å². The molecule has 0 atom stereocenters. The first kappa shape index (κ1) is 12.0. The van der Waals surface area contributed by atoms with E-state index in [1.165, 1.54) is 20.2 Å². The van der Waals surface area contributed by atoms with Crippen molar-refractivity contribution in [1.29, 1.82) is 0 Å². The van der Waals surface area contributed by atoms with Crippen molar-refractivity contribution in [2.24, 2.45) is 0 Å². The second kappa shape index (κ2) is 4.60. The fourth-order valence-electron chi connectivity index (χ4n) is 0.861. The number of carbonyl (C=O) groups is 2. The highest BCUT2D eigenvalue weighted by Crippen LogP contribution is 2.00. The van der Waals surface area contributed by atoms with Crippen LogP contribution in [0.4, 0.5) is 4.79 Å². The smallest absolute Gasteiger partial charge is 0.328 e. The Morgan fingerprint density at radius 1 is 1.56 bits per heavy atom. The maximum atomic E-state index is 11.3. The Balaban J connectivity index is 2.39. The van der Waals surface area contributed by atoms with Crippen LogP contribution in [0, 0.1) is 0 Å². The van der Waals surface area contributed by atoms with Crippen LogP contribution in [-0.2, 0) is 11.3 Å². The lowest BCUT2D eigenvalue weighted by Crippen LogP contribution is -2.53. The summed E-state index contributed by atoms with van der Waals surface area (Å²) in [6.07, 6.45) is 1.32. The number of amides is 2. The topological polar surface area (TPSA) is 120 Å². The molecule has 0 aliphatic carbocycles. The summed E-state index contributed by atoms with van der Waals surface area (Å²) < 4.78 is 0. The van der Waals surface area contributed by atoms with Crippen molar-refractivity contribution in [2.45, 2.75) is 25.9 Å². The van der Waals surface area contributed by atoms with E-state index in [2.05, 4.69) is 25.8 Å². The number of aliphatic carboxylic acids is 1. The van der Waals surface area contributed by atoms with E-state index in [4.69, 9.17) is 5.11 Å². The van der Waals surface area contributed by atoms with Gasteiger partial charge in [0.2, 0.25) is 0 Å². The Bertz CT molecular complexity index is 373. The van der Waals surface area contributed by atoms with Gasteiger partial charge in [-0.05, 0) is 13.8 Å². The van der Waals surface area contributed by atoms with Crippen LogP contribution in [0.3, 0.4) is 0 Å². The number of H-pyrrole nitrogens is 1. The second-order valence-corrected chi connectivity index (χ2v) is 3.67. The summed E-state index contributed by atoms with van der Waals surface area (Å²) in [4.78, 5) is 25.8. The van der Waals surface area contributed by atoms with Gasteiger partial charge in [0, 0.05) is 0 Å². The normalized spacial score (nSPS) is 10.9. The van der Waals surface area contributed by atoms with Gasteiger partial charge in [0.05, 0.1) is 6.54 Å². The molecular formula is C8H13N5O3. The average Bonchev–Trinajstić information content (AvgIpc) is 2.66. The predicted molar refractivity (Wildman–Crippen MR) is 53.5 cm³/mol. The van der Waals surface area contributed by atoms with Gasteiger partial charge in [0.1, 0.15) is 17.7 Å². The van der Waals surface area contributed by atoms with Crippen molar-refractivity contribution in [2.75, 3.05) is 0 Å². The first-order valence-electron chi connectivity index (χ1n) is 4.55. The molecule has 0 bridgehead atoms. The Hall–Kier alpha value is -2.12. The van der Waals surface area contributed by atoms with Gasteiger partial charge in [0.15, 0.2) is 0 Å². The molecule has 2 amide bonds. The molecular weight excluding hydrogens is 214 g/mol. The van der Waals surface area contributed by atoms with Crippen molar-refractivity contribution in [3.8, 4) is 0 Å². The minimum atomic E-state index is -1.31. The molecule has 1 aromatic rings. The highest BCUT2D eigenvalue weighted by molar-refractivity contribution is 5.85. The highest BCUT2D eigenvalue weighted by atomic mass is 16.4. The van der Waals surface area contributed by atoms with Crippen LogP contribution in [0.1, 0.15) is 19.7 Å². The number of carboxylic acid groups (broad SMARTS) is 1. The zero-order chi connectivity index (χ0) is 12.2. The first-order chi connectivity index (χ1) is 7.42. The largest absolute Gasteiger partial charge is 0.480 e. The van der Waals surface area contributed by atoms with Crippen LogP contribution in [0.5, 0.6) is 0 Å². The second-order valence-electron chi connectivity index (χ2n) is 3.67. The molecule has 8 heteroatoms. The van der Waals surface area contributed by atoms with Gasteiger partial charge in [-0.25, -0.2) is 14.6 Å². The van der Waals surface area contributed by atoms with E-state index in [-0.39, 0.29) is 6.54 Å². The standard InChI is InChI=1S/C8H13N5O3/c1-8(2,6(14)15)12-7(16)9-3-5-10-4-11-13-5/h4H,3H2,1-2H3,(H,14,15)(H2,9,12,16)(H,10,11,13). The van der Waals surface area contributed by atoms with Crippen LogP contribution in [-0.4, -0.2) is 37.8 Å². The number of rotatable bonds is 4. The first-order valence-corrected chi connectivity index (χ1v) is 4.55. The number of hydrogen-bond acceptors (Lipinski definition) is 4. The van der Waals surface area contributed by atoms with E-state index >= 15 is 0 Å². The Labute approximate surface area is 91.5 Å². The van der Waals surface area contributed by atoms with Gasteiger partial charge < -0.3 is 15.7 Å². The molecule has 0 unspecified atom stereocenters. The van der Waals surface area contributed by atoms with E-state index < -0.39 is 17.5 Å². The number of nitrogens with zero attached hydrogens (tertiary/aromatic N) is 2. The Kier molecular flexibility index (Phi) is 3.44. The zero-order valence-electron chi connectivity index (χ0n) is 8.94. The van der Waals surface area contributed by atoms with Crippen molar-refractivity contribution < 1.29 is 14.7 Å². The molecule has 0 fully saturated rings. The lowest BCUT2D eigenvalue weighted by atomic mass is 10.1. The van der Waals surface area contributed by atoms with E-state index in [1.54, 1.807) is 0 Å². The van der Waals surface area contributed by atoms with Gasteiger partial charge in [-0.15, -0.1) is 0 Å². The van der Waals surface area contributed by atoms with Crippen molar-refractivity contribution >= 4 is 12.0 Å². The Morgan fingerprint density at radius 2 is 2.25 bits per heavy atom. The van der Waals surface area contributed by atoms with E-state index in [0.29, 0.717) is 5.82 Å². The molecule has 4 N–H and O–H groups in total. The number of hydrogen-bond donors (Lipinski definition) is 4. The minimum Gasteiger partial charge on any atom is -0.480 e. The lowest BCUT2D eigenvalue weighted by Gasteiger charge is -2.20. The predicted octanol–water partition coefficient (Wildman–Crippen LogP) is -0.533. The van der Waals surface area contributed by atoms with Crippen molar-refractivity contribution in [1.82, 2.24) is 25.8 Å². The average molecular weight is 227 g/mol. The van der Waals surface area contributed by atoms with Gasteiger partial charge in [-0.2, -0.15) is 5.10 Å². The third-order valence-corrected chi connectivity index (χ3v) is 1.84. The summed E-state index contributed by atoms with van der Waals surface area (Å²) in [5.74, 6) is -0.620. The van der Waals surface area contributed by atoms with Crippen molar-refractivity contribution in [3.05, 3.63) is 12.2 Å². The quantitative estimate of drug-likeness (QED) is 0.551. The van der Waals surface area contributed by atoms with Crippen LogP contribution >= 0.6 is 0 Å². The molecule has 0 saturated heterocycles. The van der Waals surface area contributed by atoms with E-state index in [9.17, 15) is 9.59 Å². The summed E-state index contributed by atoms with van der Waals surface area (Å²) in [6.45, 7) is 2.94. The molecule has 1 rings (SSSR count). The summed E-state index contributed by atoms with van der Waals surface area (Å²) >= 11 is 0. The molecule has 0 saturated carbocycles. The number of aromatic amines is 1. The number of aromatic nitrogens is 3. The molecule has 1 aromatic heterocycles. The molecule has 0 aliphatic heterocycles. The monoisotopic (exact) mass is 227 g/mol. The Morgan fingerprint density at radius 3 is 2.75 bits per heavy atom. The molecule has 88 valence electrons. The SMILES string of the molecule is CC(C)(NC(=O)NCc1ncn[nH]1)C(=O)O. The third-order valence-electron chi connectivity index (χ3n) is 1.84. The van der Waals surface area contributed by atoms with Crippen molar-refractivity contribution in [3.63, 3.8) is 0 Å². The van der Waals surface area contributed by atoms with Gasteiger partial charge >= 0.3 is 12.0 Å². The molecule has 1 heterocycles. The summed E-state index contributed by atoms with van der Waals surface area (Å²) in [5, 5.41) is 19.7. The summed E-state index contributed by atoms with van der Waals surface area (Å²) in [7, 11) is 0. The number of urea groups is 1. The molecule has 8 nitrogen and oxygen atoms in total. The highest BCUT2D eigenvalue weighted by Gasteiger charge is 2.28. The minimum absolute atomic E-state index is 0.154. The fraction of sp³-hybridized carbons (Fsp3) is 0.500. The number of nitrogens with one attached hydrogen (secondary N) is 3. The summed E-state index contributed by atoms with van der Waals surface area (Å²) in [6, 6.07) is -0.580. The lowest BCUT2D eigenvalue weighted by molar-refractivity contribution is -0.142. The molecule has 0 aliphatic rings. The van der Waals surface area contributed by atoms with E-state index in [0.717, 1.165) is 0 Å². The number of carboxylic acids is 1. The van der Waals surface area contributed by atoms with Gasteiger partial charge in [-0.1, -0.05) is 0 Å². The molecule has 0 radical (unpaired) electrons. The van der Waals surface area contributed by atoms with Gasteiger partial charge in [-0.3, -0.25) is 5.10 Å². The molecule has 16 heavy (non-hydrogen) atoms. The molecule has 0 aromatic carbocycles. The number of carbonyl (C=O) groups excluding carboxylic acids is 1. The fourth-order valence-corrected chi connectivity index (χ4v) is 0.861. The van der Waals surface area contributed by atoms with Gasteiger partial charge in [0.25, 0.3) is 0 Å². The van der Waals surface area contributed by atoms with Crippen LogP contribution in [0.25, 0.3) is 0 Å².